The molecule has 0 heterocycles. The summed E-state index contributed by atoms with van der Waals surface area (Å²) in [7, 11) is 1.59. The first kappa shape index (κ1) is 15.3. The molecule has 0 aliphatic heterocycles. The number of nitrogens with one attached hydrogen (secondary N) is 2. The molecular formula is C15H24N2O2. The van der Waals surface area contributed by atoms with Gasteiger partial charge in [-0.15, -0.1) is 0 Å². The molecule has 2 N–H and O–H groups in total. The highest BCUT2D eigenvalue weighted by Gasteiger charge is 2.21. The molecule has 0 aromatic heterocycles. The van der Waals surface area contributed by atoms with Crippen molar-refractivity contribution in [2.24, 2.45) is 5.41 Å². The van der Waals surface area contributed by atoms with Crippen LogP contribution in [0.1, 0.15) is 33.3 Å². The summed E-state index contributed by atoms with van der Waals surface area (Å²) < 4.78 is 5.23. The lowest BCUT2D eigenvalue weighted by atomic mass is 9.88. The van der Waals surface area contributed by atoms with Crippen LogP contribution in [0.25, 0.3) is 0 Å². The summed E-state index contributed by atoms with van der Waals surface area (Å²) in [5.41, 5.74) is 1.77. The van der Waals surface area contributed by atoms with Gasteiger partial charge in [0.15, 0.2) is 0 Å². The monoisotopic (exact) mass is 264 g/mol. The van der Waals surface area contributed by atoms with Gasteiger partial charge in [0, 0.05) is 6.04 Å². The van der Waals surface area contributed by atoms with Gasteiger partial charge in [0.05, 0.1) is 12.8 Å². The van der Waals surface area contributed by atoms with Crippen LogP contribution < -0.4 is 15.4 Å². The zero-order chi connectivity index (χ0) is 14.6. The first-order chi connectivity index (χ1) is 8.74. The number of amides is 2. The van der Waals surface area contributed by atoms with Gasteiger partial charge in [-0.1, -0.05) is 26.8 Å². The van der Waals surface area contributed by atoms with Crippen LogP contribution in [0.2, 0.25) is 0 Å². The zero-order valence-corrected chi connectivity index (χ0v) is 12.6. The Hall–Kier alpha value is -1.71. The molecule has 0 saturated carbocycles. The van der Waals surface area contributed by atoms with Crippen LogP contribution in [0, 0.1) is 12.3 Å². The molecule has 1 unspecified atom stereocenters. The van der Waals surface area contributed by atoms with Gasteiger partial charge in [-0.05, 0) is 37.0 Å². The van der Waals surface area contributed by atoms with Gasteiger partial charge in [0.1, 0.15) is 5.75 Å². The number of ether oxygens (including phenoxy) is 1. The average molecular weight is 264 g/mol. The molecule has 0 bridgehead atoms. The van der Waals surface area contributed by atoms with Crippen LogP contribution in [0.5, 0.6) is 5.75 Å². The molecule has 0 radical (unpaired) electrons. The molecule has 0 aliphatic carbocycles. The third-order valence-corrected chi connectivity index (χ3v) is 3.25. The van der Waals surface area contributed by atoms with Crippen LogP contribution in [0.4, 0.5) is 10.5 Å². The second-order valence-electron chi connectivity index (χ2n) is 5.89. The number of hydrogen-bond donors (Lipinski definition) is 2. The van der Waals surface area contributed by atoms with Crippen LogP contribution in [0.15, 0.2) is 18.2 Å². The van der Waals surface area contributed by atoms with Crippen molar-refractivity contribution < 1.29 is 9.53 Å². The van der Waals surface area contributed by atoms with Crippen molar-refractivity contribution in [3.8, 4) is 5.75 Å². The van der Waals surface area contributed by atoms with E-state index < -0.39 is 0 Å². The molecule has 0 spiro atoms. The predicted octanol–water partition coefficient (Wildman–Crippen LogP) is 3.56. The van der Waals surface area contributed by atoms with Crippen molar-refractivity contribution in [1.82, 2.24) is 5.32 Å². The molecule has 4 heteroatoms. The summed E-state index contributed by atoms with van der Waals surface area (Å²) in [6, 6.07) is 5.53. The first-order valence-corrected chi connectivity index (χ1v) is 6.46. The Morgan fingerprint density at radius 2 is 1.95 bits per heavy atom. The fourth-order valence-corrected chi connectivity index (χ4v) is 1.49. The Labute approximate surface area is 115 Å². The quantitative estimate of drug-likeness (QED) is 0.877. The Morgan fingerprint density at radius 3 is 2.47 bits per heavy atom. The van der Waals surface area contributed by atoms with Crippen LogP contribution >= 0.6 is 0 Å². The molecule has 0 fully saturated rings. The molecule has 2 amide bonds. The molecule has 0 saturated heterocycles. The molecule has 1 atom stereocenters. The van der Waals surface area contributed by atoms with Crippen LogP contribution in [-0.2, 0) is 0 Å². The number of hydrogen-bond acceptors (Lipinski definition) is 2. The van der Waals surface area contributed by atoms with Crippen molar-refractivity contribution in [3.63, 3.8) is 0 Å². The van der Waals surface area contributed by atoms with Crippen molar-refractivity contribution in [1.29, 1.82) is 0 Å². The second kappa shape index (κ2) is 5.95. The van der Waals surface area contributed by atoms with E-state index in [1.54, 1.807) is 7.11 Å². The third-order valence-electron chi connectivity index (χ3n) is 3.25. The molecule has 1 aromatic rings. The topological polar surface area (TPSA) is 50.4 Å². The van der Waals surface area contributed by atoms with Crippen molar-refractivity contribution in [2.75, 3.05) is 12.4 Å². The summed E-state index contributed by atoms with van der Waals surface area (Å²) in [5.74, 6) is 0.657. The van der Waals surface area contributed by atoms with Gasteiger partial charge < -0.3 is 15.4 Å². The highest BCUT2D eigenvalue weighted by atomic mass is 16.5. The highest BCUT2D eigenvalue weighted by Crippen LogP contribution is 2.25. The van der Waals surface area contributed by atoms with Gasteiger partial charge >= 0.3 is 6.03 Å². The van der Waals surface area contributed by atoms with E-state index in [0.717, 1.165) is 5.56 Å². The van der Waals surface area contributed by atoms with Crippen molar-refractivity contribution >= 4 is 11.7 Å². The molecular weight excluding hydrogens is 240 g/mol. The summed E-state index contributed by atoms with van der Waals surface area (Å²) in [6.45, 7) is 10.2. The van der Waals surface area contributed by atoms with Gasteiger partial charge in [-0.25, -0.2) is 4.79 Å². The maximum atomic E-state index is 12.0. The summed E-state index contributed by atoms with van der Waals surface area (Å²) >= 11 is 0. The van der Waals surface area contributed by atoms with Gasteiger partial charge in [-0.2, -0.15) is 0 Å². The number of carbonyl (C=O) groups is 1. The Kier molecular flexibility index (Phi) is 4.81. The maximum Gasteiger partial charge on any atom is 0.319 e. The number of benzene rings is 1. The third kappa shape index (κ3) is 4.47. The van der Waals surface area contributed by atoms with Crippen LogP contribution in [-0.4, -0.2) is 19.2 Å². The van der Waals surface area contributed by atoms with E-state index in [4.69, 9.17) is 4.74 Å². The molecule has 4 nitrogen and oxygen atoms in total. The van der Waals surface area contributed by atoms with Crippen molar-refractivity contribution in [3.05, 3.63) is 23.8 Å². The van der Waals surface area contributed by atoms with E-state index >= 15 is 0 Å². The number of methoxy groups -OCH3 is 1. The first-order valence-electron chi connectivity index (χ1n) is 6.46. The Balaban J connectivity index is 2.75. The minimum atomic E-state index is -0.216. The molecule has 19 heavy (non-hydrogen) atoms. The fraction of sp³-hybridized carbons (Fsp3) is 0.533. The molecule has 1 aromatic carbocycles. The van der Waals surface area contributed by atoms with Crippen LogP contribution in [0.3, 0.4) is 0 Å². The zero-order valence-electron chi connectivity index (χ0n) is 12.6. The Morgan fingerprint density at radius 1 is 1.32 bits per heavy atom. The lowest BCUT2D eigenvalue weighted by Gasteiger charge is -2.28. The van der Waals surface area contributed by atoms with E-state index in [1.165, 1.54) is 0 Å². The smallest absolute Gasteiger partial charge is 0.319 e. The summed E-state index contributed by atoms with van der Waals surface area (Å²) in [4.78, 5) is 12.0. The lowest BCUT2D eigenvalue weighted by molar-refractivity contribution is 0.233. The van der Waals surface area contributed by atoms with Gasteiger partial charge in [-0.3, -0.25) is 0 Å². The maximum absolute atomic E-state index is 12.0. The van der Waals surface area contributed by atoms with E-state index in [-0.39, 0.29) is 17.5 Å². The van der Waals surface area contributed by atoms with E-state index in [9.17, 15) is 4.79 Å². The largest absolute Gasteiger partial charge is 0.495 e. The number of rotatable bonds is 3. The van der Waals surface area contributed by atoms with E-state index in [0.29, 0.717) is 11.4 Å². The number of carbonyl (C=O) groups excluding carboxylic acids is 1. The minimum Gasteiger partial charge on any atom is -0.495 e. The number of anilines is 1. The second-order valence-corrected chi connectivity index (χ2v) is 5.89. The van der Waals surface area contributed by atoms with E-state index in [1.807, 2.05) is 32.0 Å². The number of urea groups is 1. The molecule has 106 valence electrons. The normalized spacial score (nSPS) is 12.7. The number of aryl methyl sites for hydroxylation is 1. The molecule has 0 aliphatic rings. The van der Waals surface area contributed by atoms with Crippen molar-refractivity contribution in [2.45, 2.75) is 40.7 Å². The Bertz CT molecular complexity index is 450. The van der Waals surface area contributed by atoms with Gasteiger partial charge in [0.2, 0.25) is 0 Å². The molecule has 1 rings (SSSR count). The summed E-state index contributed by atoms with van der Waals surface area (Å²) in [5, 5.41) is 5.76. The minimum absolute atomic E-state index is 0.0219. The predicted molar refractivity (Wildman–Crippen MR) is 78.8 cm³/mol. The lowest BCUT2D eigenvalue weighted by Crippen LogP contribution is -2.43. The highest BCUT2D eigenvalue weighted by molar-refractivity contribution is 5.91. The van der Waals surface area contributed by atoms with E-state index in [2.05, 4.69) is 31.4 Å². The summed E-state index contributed by atoms with van der Waals surface area (Å²) in [6.07, 6.45) is 0. The van der Waals surface area contributed by atoms with Gasteiger partial charge in [0.25, 0.3) is 0 Å². The SMILES string of the molecule is COc1ccc(C)cc1NC(=O)NC(C)C(C)(C)C. The average Bonchev–Trinajstić information content (AvgIpc) is 2.27. The standard InChI is InChI=1S/C15H24N2O2/c1-10-7-8-13(19-6)12(9-10)17-14(18)16-11(2)15(3,4)5/h7-9,11H,1-6H3,(H2,16,17,18). The fourth-order valence-electron chi connectivity index (χ4n) is 1.49.